The quantitative estimate of drug-likeness (QED) is 0.527. The van der Waals surface area contributed by atoms with Gasteiger partial charge in [-0.25, -0.2) is 14.4 Å². The van der Waals surface area contributed by atoms with Crippen LogP contribution in [0.4, 0.5) is 9.59 Å². The highest BCUT2D eigenvalue weighted by molar-refractivity contribution is 8.13. The van der Waals surface area contributed by atoms with E-state index in [9.17, 15) is 24.0 Å². The summed E-state index contributed by atoms with van der Waals surface area (Å²) < 4.78 is 10.2. The molecule has 1 aliphatic rings. The monoisotopic (exact) mass is 418 g/mol. The van der Waals surface area contributed by atoms with Gasteiger partial charge < -0.3 is 19.6 Å². The molecule has 10 nitrogen and oxygen atoms in total. The van der Waals surface area contributed by atoms with Crippen LogP contribution in [0.2, 0.25) is 0 Å². The fraction of sp³-hybridized carbons (Fsp3) is 0.706. The van der Waals surface area contributed by atoms with Crippen LogP contribution in [0.1, 0.15) is 54.4 Å². The van der Waals surface area contributed by atoms with Crippen LogP contribution >= 0.6 is 11.8 Å². The molecule has 0 saturated carbocycles. The molecule has 1 fully saturated rings. The Bertz CT molecular complexity index is 635. The van der Waals surface area contributed by atoms with Crippen molar-refractivity contribution in [2.75, 3.05) is 5.75 Å². The van der Waals surface area contributed by atoms with Crippen molar-refractivity contribution < 1.29 is 38.3 Å². The van der Waals surface area contributed by atoms with E-state index in [2.05, 4.69) is 5.32 Å². The van der Waals surface area contributed by atoms with Crippen molar-refractivity contribution in [3.05, 3.63) is 0 Å². The highest BCUT2D eigenvalue weighted by Gasteiger charge is 2.36. The summed E-state index contributed by atoms with van der Waals surface area (Å²) >= 11 is 0.639. The summed E-state index contributed by atoms with van der Waals surface area (Å²) in [6.45, 7) is 9.95. The average molecular weight is 418 g/mol. The summed E-state index contributed by atoms with van der Waals surface area (Å²) in [5, 5.41) is 1.98. The molecule has 11 heteroatoms. The lowest BCUT2D eigenvalue weighted by atomic mass is 10.2. The smallest absolute Gasteiger partial charge is 0.408 e. The van der Waals surface area contributed by atoms with Gasteiger partial charge in [-0.15, -0.1) is 5.06 Å². The van der Waals surface area contributed by atoms with Gasteiger partial charge >= 0.3 is 17.4 Å². The number of nitrogens with zero attached hydrogens (tertiary/aromatic N) is 1. The first-order valence-electron chi connectivity index (χ1n) is 8.61. The lowest BCUT2D eigenvalue weighted by Gasteiger charge is -2.24. The van der Waals surface area contributed by atoms with Crippen LogP contribution in [-0.2, 0) is 28.7 Å². The summed E-state index contributed by atoms with van der Waals surface area (Å²) in [5.74, 6) is -2.64. The van der Waals surface area contributed by atoms with Crippen LogP contribution in [0, 0.1) is 0 Å². The number of amides is 3. The number of alkyl carbamates (subject to hydrolysis) is 1. The zero-order valence-electron chi connectivity index (χ0n) is 16.8. The summed E-state index contributed by atoms with van der Waals surface area (Å²) in [7, 11) is 0. The first kappa shape index (κ1) is 23.7. The van der Waals surface area contributed by atoms with Crippen molar-refractivity contribution in [1.82, 2.24) is 10.4 Å². The Balaban J connectivity index is 2.79. The van der Waals surface area contributed by atoms with Gasteiger partial charge in [0.25, 0.3) is 11.8 Å². The number of hydrogen-bond donors (Lipinski definition) is 1. The Morgan fingerprint density at radius 3 is 1.96 bits per heavy atom. The maximum Gasteiger partial charge on any atom is 0.408 e. The van der Waals surface area contributed by atoms with E-state index in [1.54, 1.807) is 41.5 Å². The van der Waals surface area contributed by atoms with Crippen molar-refractivity contribution >= 4 is 40.9 Å². The van der Waals surface area contributed by atoms with E-state index in [-0.39, 0.29) is 18.6 Å². The zero-order chi connectivity index (χ0) is 21.7. The Labute approximate surface area is 167 Å². The summed E-state index contributed by atoms with van der Waals surface area (Å²) in [5.41, 5.74) is -1.55. The van der Waals surface area contributed by atoms with Crippen LogP contribution in [0.5, 0.6) is 0 Å². The molecule has 0 aromatic rings. The second-order valence-corrected chi connectivity index (χ2v) is 8.92. The highest BCUT2D eigenvalue weighted by Crippen LogP contribution is 2.18. The Morgan fingerprint density at radius 1 is 1.00 bits per heavy atom. The summed E-state index contributed by atoms with van der Waals surface area (Å²) in [6, 6.07) is -1.35. The largest absolute Gasteiger partial charge is 0.452 e. The minimum atomic E-state index is -1.35. The lowest BCUT2D eigenvalue weighted by Crippen LogP contribution is -2.48. The van der Waals surface area contributed by atoms with Crippen molar-refractivity contribution in [3.8, 4) is 0 Å². The molecule has 3 amide bonds. The molecule has 0 bridgehead atoms. The van der Waals surface area contributed by atoms with Crippen LogP contribution in [0.3, 0.4) is 0 Å². The minimum absolute atomic E-state index is 0.0665. The van der Waals surface area contributed by atoms with Gasteiger partial charge in [0.15, 0.2) is 0 Å². The topological polar surface area (TPSA) is 128 Å². The van der Waals surface area contributed by atoms with Gasteiger partial charge in [-0.05, 0) is 53.3 Å². The van der Waals surface area contributed by atoms with Crippen molar-refractivity contribution in [2.45, 2.75) is 71.6 Å². The number of nitrogens with one attached hydrogen (secondary N) is 1. The molecule has 28 heavy (non-hydrogen) atoms. The predicted octanol–water partition coefficient (Wildman–Crippen LogP) is 2.16. The number of hydrogen-bond acceptors (Lipinski definition) is 9. The molecular formula is C17H26N2O8S. The molecule has 1 heterocycles. The van der Waals surface area contributed by atoms with Gasteiger partial charge in [0.1, 0.15) is 17.2 Å². The van der Waals surface area contributed by atoms with Gasteiger partial charge in [-0.2, -0.15) is 0 Å². The third-order valence-electron chi connectivity index (χ3n) is 2.92. The van der Waals surface area contributed by atoms with Crippen LogP contribution in [0.25, 0.3) is 0 Å². The first-order chi connectivity index (χ1) is 12.7. The normalized spacial score (nSPS) is 15.9. The number of imide groups is 1. The van der Waals surface area contributed by atoms with Crippen LogP contribution in [0.15, 0.2) is 0 Å². The van der Waals surface area contributed by atoms with Crippen molar-refractivity contribution in [1.29, 1.82) is 0 Å². The molecular weight excluding hydrogens is 392 g/mol. The van der Waals surface area contributed by atoms with E-state index < -0.39 is 46.4 Å². The SMILES string of the molecule is CC(C)(C)OC(=O)N[C@H](CSC(=O)OC(C)(C)C)C(=O)ON1C(=O)CCC1=O. The molecule has 1 atom stereocenters. The minimum Gasteiger partial charge on any atom is -0.452 e. The van der Waals surface area contributed by atoms with E-state index in [0.29, 0.717) is 16.8 Å². The van der Waals surface area contributed by atoms with E-state index in [1.807, 2.05) is 0 Å². The molecule has 1 aliphatic heterocycles. The maximum absolute atomic E-state index is 12.4. The number of thioether (sulfide) groups is 1. The number of rotatable bonds is 5. The molecule has 1 N–H and O–H groups in total. The number of carbonyl (C=O) groups is 5. The highest BCUT2D eigenvalue weighted by atomic mass is 32.2. The van der Waals surface area contributed by atoms with E-state index in [1.165, 1.54) is 0 Å². The van der Waals surface area contributed by atoms with Gasteiger partial charge in [0.2, 0.25) is 0 Å². The van der Waals surface area contributed by atoms with E-state index >= 15 is 0 Å². The average Bonchev–Trinajstić information content (AvgIpc) is 2.79. The lowest BCUT2D eigenvalue weighted by molar-refractivity contribution is -0.198. The third kappa shape index (κ3) is 8.59. The van der Waals surface area contributed by atoms with Crippen LogP contribution < -0.4 is 5.32 Å². The molecule has 158 valence electrons. The summed E-state index contributed by atoms with van der Waals surface area (Å²) in [6.07, 6.45) is -1.05. The zero-order valence-corrected chi connectivity index (χ0v) is 17.6. The van der Waals surface area contributed by atoms with Crippen LogP contribution in [-0.4, -0.2) is 57.2 Å². The second-order valence-electron chi connectivity index (χ2n) is 7.97. The molecule has 0 aromatic heterocycles. The molecule has 0 aromatic carbocycles. The van der Waals surface area contributed by atoms with Gasteiger partial charge in [-0.3, -0.25) is 9.59 Å². The van der Waals surface area contributed by atoms with E-state index in [4.69, 9.17) is 14.3 Å². The number of carbonyl (C=O) groups excluding carboxylic acids is 5. The predicted molar refractivity (Wildman–Crippen MR) is 99.0 cm³/mol. The first-order valence-corrected chi connectivity index (χ1v) is 9.59. The standard InChI is InChI=1S/C17H26N2O8S/c1-16(2,3)25-14(23)18-10(9-28-15(24)26-17(4,5)6)13(22)27-19-11(20)7-8-12(19)21/h10H,7-9H2,1-6H3,(H,18,23)/t10-/m1/s1. The fourth-order valence-electron chi connectivity index (χ4n) is 1.86. The molecule has 1 saturated heterocycles. The molecule has 0 aliphatic carbocycles. The van der Waals surface area contributed by atoms with E-state index in [0.717, 1.165) is 0 Å². The van der Waals surface area contributed by atoms with Crippen molar-refractivity contribution in [2.24, 2.45) is 0 Å². The van der Waals surface area contributed by atoms with Crippen molar-refractivity contribution in [3.63, 3.8) is 0 Å². The number of ether oxygens (including phenoxy) is 2. The van der Waals surface area contributed by atoms with Gasteiger partial charge in [-0.1, -0.05) is 0 Å². The molecule has 0 spiro atoms. The second kappa shape index (κ2) is 9.26. The Hall–Kier alpha value is -2.30. The number of hydroxylamine groups is 2. The molecule has 1 rings (SSSR count). The Kier molecular flexibility index (Phi) is 7.85. The van der Waals surface area contributed by atoms with Gasteiger partial charge in [0.05, 0.1) is 0 Å². The third-order valence-corrected chi connectivity index (χ3v) is 3.74. The molecule has 0 radical (unpaired) electrons. The maximum atomic E-state index is 12.4. The molecule has 0 unspecified atom stereocenters. The van der Waals surface area contributed by atoms with Gasteiger partial charge in [0, 0.05) is 18.6 Å². The fourth-order valence-corrected chi connectivity index (χ4v) is 2.69. The Morgan fingerprint density at radius 2 is 1.50 bits per heavy atom. The summed E-state index contributed by atoms with van der Waals surface area (Å²) in [4.78, 5) is 64.3.